The number of carbonyl (C=O) groups is 1. The zero-order valence-corrected chi connectivity index (χ0v) is 13.2. The maximum Gasteiger partial charge on any atom is 0.253 e. The van der Waals surface area contributed by atoms with Crippen molar-refractivity contribution in [3.8, 4) is 5.82 Å². The van der Waals surface area contributed by atoms with Gasteiger partial charge in [0, 0.05) is 31.2 Å². The first kappa shape index (κ1) is 15.7. The number of nitrogens with two attached hydrogens (primary N) is 1. The van der Waals surface area contributed by atoms with Crippen LogP contribution in [0, 0.1) is 5.92 Å². The van der Waals surface area contributed by atoms with Crippen molar-refractivity contribution in [2.24, 2.45) is 11.7 Å². The largest absolute Gasteiger partial charge is 0.348 e. The van der Waals surface area contributed by atoms with Gasteiger partial charge in [-0.1, -0.05) is 19.3 Å². The highest BCUT2D eigenvalue weighted by Crippen LogP contribution is 2.26. The van der Waals surface area contributed by atoms with Crippen LogP contribution in [0.25, 0.3) is 5.82 Å². The number of amides is 1. The normalized spacial score (nSPS) is 16.9. The quantitative estimate of drug-likeness (QED) is 0.883. The molecule has 1 saturated carbocycles. The van der Waals surface area contributed by atoms with E-state index in [0.717, 1.165) is 18.7 Å². The van der Waals surface area contributed by atoms with Crippen LogP contribution < -0.4 is 11.1 Å². The topological polar surface area (TPSA) is 85.8 Å². The van der Waals surface area contributed by atoms with E-state index in [1.54, 1.807) is 29.4 Å². The standard InChI is InChI=1S/C17H23N5O/c18-10-15(13-4-2-1-3-5-13)21-17(23)14-6-7-16(20-11-14)22-9-8-19-12-22/h6-9,11-13,15H,1-5,10,18H2,(H,21,23). The number of carbonyl (C=O) groups excluding carboxylic acids is 1. The second-order valence-corrected chi connectivity index (χ2v) is 6.09. The Hall–Kier alpha value is -2.21. The Morgan fingerprint density at radius 2 is 2.17 bits per heavy atom. The van der Waals surface area contributed by atoms with Crippen LogP contribution >= 0.6 is 0 Å². The molecule has 0 spiro atoms. The third-order valence-corrected chi connectivity index (χ3v) is 4.57. The van der Waals surface area contributed by atoms with E-state index in [4.69, 9.17) is 5.73 Å². The van der Waals surface area contributed by atoms with Crippen LogP contribution in [0.5, 0.6) is 0 Å². The molecule has 0 aliphatic heterocycles. The lowest BCUT2D eigenvalue weighted by Crippen LogP contribution is -2.45. The van der Waals surface area contributed by atoms with Crippen LogP contribution in [0.3, 0.4) is 0 Å². The number of hydrogen-bond acceptors (Lipinski definition) is 4. The number of aromatic nitrogens is 3. The Labute approximate surface area is 136 Å². The van der Waals surface area contributed by atoms with Crippen molar-refractivity contribution in [2.45, 2.75) is 38.1 Å². The summed E-state index contributed by atoms with van der Waals surface area (Å²) in [4.78, 5) is 20.7. The Balaban J connectivity index is 1.65. The summed E-state index contributed by atoms with van der Waals surface area (Å²) < 4.78 is 1.80. The maximum absolute atomic E-state index is 12.4. The molecule has 0 saturated heterocycles. The van der Waals surface area contributed by atoms with Gasteiger partial charge in [0.25, 0.3) is 5.91 Å². The molecule has 0 bridgehead atoms. The minimum Gasteiger partial charge on any atom is -0.348 e. The molecule has 6 nitrogen and oxygen atoms in total. The number of hydrogen-bond donors (Lipinski definition) is 2. The van der Waals surface area contributed by atoms with Gasteiger partial charge in [0.05, 0.1) is 5.56 Å². The van der Waals surface area contributed by atoms with E-state index in [1.807, 2.05) is 12.3 Å². The minimum atomic E-state index is -0.101. The first-order valence-electron chi connectivity index (χ1n) is 8.23. The van der Waals surface area contributed by atoms with Crippen LogP contribution in [0.4, 0.5) is 0 Å². The smallest absolute Gasteiger partial charge is 0.253 e. The van der Waals surface area contributed by atoms with Gasteiger partial charge in [-0.25, -0.2) is 9.97 Å². The van der Waals surface area contributed by atoms with Gasteiger partial charge >= 0.3 is 0 Å². The van der Waals surface area contributed by atoms with Crippen molar-refractivity contribution < 1.29 is 4.79 Å². The molecule has 122 valence electrons. The lowest BCUT2D eigenvalue weighted by Gasteiger charge is -2.30. The van der Waals surface area contributed by atoms with E-state index in [-0.39, 0.29) is 11.9 Å². The van der Waals surface area contributed by atoms with E-state index in [9.17, 15) is 4.79 Å². The number of imidazole rings is 1. The molecule has 2 aromatic heterocycles. The summed E-state index contributed by atoms with van der Waals surface area (Å²) in [6.07, 6.45) is 12.8. The van der Waals surface area contributed by atoms with Crippen molar-refractivity contribution in [1.82, 2.24) is 19.9 Å². The third kappa shape index (κ3) is 3.76. The van der Waals surface area contributed by atoms with Gasteiger partial charge in [-0.15, -0.1) is 0 Å². The Morgan fingerprint density at radius 3 is 2.78 bits per heavy atom. The highest BCUT2D eigenvalue weighted by Gasteiger charge is 2.24. The van der Waals surface area contributed by atoms with E-state index >= 15 is 0 Å². The van der Waals surface area contributed by atoms with Crippen LogP contribution in [0.2, 0.25) is 0 Å². The van der Waals surface area contributed by atoms with E-state index in [1.165, 1.54) is 19.3 Å². The van der Waals surface area contributed by atoms with Gasteiger partial charge in [0.1, 0.15) is 12.1 Å². The van der Waals surface area contributed by atoms with Crippen LogP contribution in [0.15, 0.2) is 37.1 Å². The van der Waals surface area contributed by atoms with Gasteiger partial charge in [0.15, 0.2) is 0 Å². The second-order valence-electron chi connectivity index (χ2n) is 6.09. The minimum absolute atomic E-state index is 0.0520. The van der Waals surface area contributed by atoms with Crippen LogP contribution in [-0.2, 0) is 0 Å². The van der Waals surface area contributed by atoms with E-state index < -0.39 is 0 Å². The summed E-state index contributed by atoms with van der Waals surface area (Å²) in [6, 6.07) is 3.65. The van der Waals surface area contributed by atoms with Gasteiger partial charge in [-0.3, -0.25) is 9.36 Å². The SMILES string of the molecule is NCC(NC(=O)c1ccc(-n2ccnc2)nc1)C1CCCCC1. The van der Waals surface area contributed by atoms with E-state index in [2.05, 4.69) is 15.3 Å². The van der Waals surface area contributed by atoms with Crippen molar-refractivity contribution in [3.05, 3.63) is 42.6 Å². The average molecular weight is 313 g/mol. The second kappa shape index (κ2) is 7.37. The van der Waals surface area contributed by atoms with Gasteiger partial charge in [-0.05, 0) is 30.9 Å². The molecule has 1 aliphatic rings. The molecule has 1 aliphatic carbocycles. The summed E-state index contributed by atoms with van der Waals surface area (Å²) in [6.45, 7) is 0.483. The fourth-order valence-electron chi connectivity index (χ4n) is 3.23. The van der Waals surface area contributed by atoms with Crippen molar-refractivity contribution in [2.75, 3.05) is 6.54 Å². The molecule has 1 fully saturated rings. The molecule has 1 unspecified atom stereocenters. The van der Waals surface area contributed by atoms with Gasteiger partial charge < -0.3 is 11.1 Å². The lowest BCUT2D eigenvalue weighted by molar-refractivity contribution is 0.0915. The average Bonchev–Trinajstić information content (AvgIpc) is 3.15. The molecule has 2 heterocycles. The molecule has 0 radical (unpaired) electrons. The molecule has 0 aromatic carbocycles. The highest BCUT2D eigenvalue weighted by atomic mass is 16.1. The van der Waals surface area contributed by atoms with Crippen molar-refractivity contribution in [1.29, 1.82) is 0 Å². The van der Waals surface area contributed by atoms with Crippen molar-refractivity contribution >= 4 is 5.91 Å². The highest BCUT2D eigenvalue weighted by molar-refractivity contribution is 5.94. The fraction of sp³-hybridized carbons (Fsp3) is 0.471. The maximum atomic E-state index is 12.4. The van der Waals surface area contributed by atoms with Crippen LogP contribution in [-0.4, -0.2) is 33.0 Å². The monoisotopic (exact) mass is 313 g/mol. The molecule has 23 heavy (non-hydrogen) atoms. The molecular formula is C17H23N5O. The Morgan fingerprint density at radius 1 is 1.35 bits per heavy atom. The summed E-state index contributed by atoms with van der Waals surface area (Å²) >= 11 is 0. The molecule has 3 rings (SSSR count). The van der Waals surface area contributed by atoms with Crippen molar-refractivity contribution in [3.63, 3.8) is 0 Å². The molecular weight excluding hydrogens is 290 g/mol. The summed E-state index contributed by atoms with van der Waals surface area (Å²) in [5.74, 6) is 1.13. The summed E-state index contributed by atoms with van der Waals surface area (Å²) in [5, 5.41) is 3.08. The molecule has 2 aromatic rings. The number of rotatable bonds is 5. The Kier molecular flexibility index (Phi) is 5.02. The molecule has 6 heteroatoms. The zero-order chi connectivity index (χ0) is 16.1. The van der Waals surface area contributed by atoms with Crippen LogP contribution in [0.1, 0.15) is 42.5 Å². The zero-order valence-electron chi connectivity index (χ0n) is 13.2. The van der Waals surface area contributed by atoms with E-state index in [0.29, 0.717) is 18.0 Å². The van der Waals surface area contributed by atoms with Gasteiger partial charge in [-0.2, -0.15) is 0 Å². The summed E-state index contributed by atoms with van der Waals surface area (Å²) in [5.41, 5.74) is 6.44. The molecule has 1 amide bonds. The first-order chi connectivity index (χ1) is 11.3. The first-order valence-corrected chi connectivity index (χ1v) is 8.23. The van der Waals surface area contributed by atoms with Gasteiger partial charge in [0.2, 0.25) is 0 Å². The Bertz CT molecular complexity index is 617. The third-order valence-electron chi connectivity index (χ3n) is 4.57. The molecule has 1 atom stereocenters. The lowest BCUT2D eigenvalue weighted by atomic mass is 9.84. The molecule has 3 N–H and O–H groups in total. The number of nitrogens with one attached hydrogen (secondary N) is 1. The number of pyridine rings is 1. The fourth-order valence-corrected chi connectivity index (χ4v) is 3.23. The summed E-state index contributed by atoms with van der Waals surface area (Å²) in [7, 11) is 0. The predicted molar refractivity (Wildman–Crippen MR) is 88.2 cm³/mol. The number of nitrogens with zero attached hydrogens (tertiary/aromatic N) is 3. The predicted octanol–water partition coefficient (Wildman–Crippen LogP) is 1.90.